The highest BCUT2D eigenvalue weighted by Crippen LogP contribution is 2.38. The highest BCUT2D eigenvalue weighted by Gasteiger charge is 2.26. The SMILES string of the molecule is CC(=O)O/N=C1/CCC(c2ccc(Cl)c(Cl)c2)c2ccccc21. The Labute approximate surface area is 144 Å². The largest absolute Gasteiger partial charge is 0.331 e. The van der Waals surface area contributed by atoms with Gasteiger partial charge in [-0.05, 0) is 36.1 Å². The molecular weight excluding hydrogens is 333 g/mol. The van der Waals surface area contributed by atoms with Crippen molar-refractivity contribution in [3.05, 3.63) is 69.2 Å². The van der Waals surface area contributed by atoms with Crippen molar-refractivity contribution in [2.45, 2.75) is 25.7 Å². The molecule has 0 amide bonds. The van der Waals surface area contributed by atoms with Gasteiger partial charge in [0.15, 0.2) is 0 Å². The van der Waals surface area contributed by atoms with Gasteiger partial charge in [-0.3, -0.25) is 0 Å². The monoisotopic (exact) mass is 347 g/mol. The summed E-state index contributed by atoms with van der Waals surface area (Å²) in [5.74, 6) is -0.196. The molecule has 5 heteroatoms. The van der Waals surface area contributed by atoms with E-state index in [1.807, 2.05) is 36.4 Å². The van der Waals surface area contributed by atoms with Crippen molar-refractivity contribution in [1.29, 1.82) is 0 Å². The van der Waals surface area contributed by atoms with Crippen molar-refractivity contribution >= 4 is 34.9 Å². The molecule has 0 saturated heterocycles. The van der Waals surface area contributed by atoms with E-state index in [1.54, 1.807) is 0 Å². The van der Waals surface area contributed by atoms with Crippen molar-refractivity contribution < 1.29 is 9.63 Å². The van der Waals surface area contributed by atoms with Crippen LogP contribution in [0.3, 0.4) is 0 Å². The summed E-state index contributed by atoms with van der Waals surface area (Å²) in [6, 6.07) is 13.8. The molecule has 1 aliphatic carbocycles. The summed E-state index contributed by atoms with van der Waals surface area (Å²) in [7, 11) is 0. The van der Waals surface area contributed by atoms with E-state index in [2.05, 4.69) is 11.2 Å². The fraction of sp³-hybridized carbons (Fsp3) is 0.222. The van der Waals surface area contributed by atoms with Crippen LogP contribution in [0.4, 0.5) is 0 Å². The van der Waals surface area contributed by atoms with Gasteiger partial charge in [-0.15, -0.1) is 0 Å². The standard InChI is InChI=1S/C18H15Cl2NO2/c1-11(22)23-21-18-9-7-13(14-4-2-3-5-15(14)18)12-6-8-16(19)17(20)10-12/h2-6,8,10,13H,7,9H2,1H3/b21-18-. The number of rotatable bonds is 2. The van der Waals surface area contributed by atoms with Crippen LogP contribution in [-0.2, 0) is 9.63 Å². The van der Waals surface area contributed by atoms with Crippen molar-refractivity contribution in [3.63, 3.8) is 0 Å². The Kier molecular flexibility index (Phi) is 4.69. The topological polar surface area (TPSA) is 38.7 Å². The van der Waals surface area contributed by atoms with Crippen LogP contribution in [0.1, 0.15) is 42.4 Å². The maximum Gasteiger partial charge on any atom is 0.331 e. The minimum absolute atomic E-state index is 0.220. The zero-order chi connectivity index (χ0) is 16.4. The second kappa shape index (κ2) is 6.73. The number of carbonyl (C=O) groups is 1. The molecule has 0 heterocycles. The van der Waals surface area contributed by atoms with Crippen LogP contribution >= 0.6 is 23.2 Å². The van der Waals surface area contributed by atoms with Crippen LogP contribution in [0.15, 0.2) is 47.6 Å². The first-order chi connectivity index (χ1) is 11.1. The summed E-state index contributed by atoms with van der Waals surface area (Å²) in [5, 5.41) is 5.11. The lowest BCUT2D eigenvalue weighted by Crippen LogP contribution is -2.18. The molecule has 1 aliphatic rings. The molecule has 118 valence electrons. The molecule has 0 aromatic heterocycles. The predicted octanol–water partition coefficient (Wildman–Crippen LogP) is 5.19. The number of benzene rings is 2. The zero-order valence-electron chi connectivity index (χ0n) is 12.6. The Hall–Kier alpha value is -1.84. The van der Waals surface area contributed by atoms with Crippen molar-refractivity contribution in [1.82, 2.24) is 0 Å². The highest BCUT2D eigenvalue weighted by molar-refractivity contribution is 6.42. The van der Waals surface area contributed by atoms with Crippen molar-refractivity contribution in [2.75, 3.05) is 0 Å². The number of fused-ring (bicyclic) bond motifs is 1. The Morgan fingerprint density at radius 2 is 1.96 bits per heavy atom. The third kappa shape index (κ3) is 3.41. The van der Waals surface area contributed by atoms with Gasteiger partial charge >= 0.3 is 5.97 Å². The Balaban J connectivity index is 2.01. The molecule has 3 nitrogen and oxygen atoms in total. The molecule has 2 aromatic rings. The molecule has 0 radical (unpaired) electrons. The molecule has 0 aliphatic heterocycles. The van der Waals surface area contributed by atoms with E-state index in [-0.39, 0.29) is 5.92 Å². The summed E-state index contributed by atoms with van der Waals surface area (Å²) in [4.78, 5) is 15.8. The third-order valence-corrected chi connectivity index (χ3v) is 4.69. The lowest BCUT2D eigenvalue weighted by Gasteiger charge is -2.26. The van der Waals surface area contributed by atoms with E-state index in [9.17, 15) is 4.79 Å². The van der Waals surface area contributed by atoms with Crippen LogP contribution in [0.25, 0.3) is 0 Å². The van der Waals surface area contributed by atoms with E-state index < -0.39 is 5.97 Å². The van der Waals surface area contributed by atoms with Gasteiger partial charge in [-0.1, -0.05) is 58.7 Å². The number of carbonyl (C=O) groups excluding carboxylic acids is 1. The molecule has 1 unspecified atom stereocenters. The number of hydrogen-bond donors (Lipinski definition) is 0. The third-order valence-electron chi connectivity index (χ3n) is 3.95. The lowest BCUT2D eigenvalue weighted by molar-refractivity contribution is -0.140. The van der Waals surface area contributed by atoms with Gasteiger partial charge in [0, 0.05) is 18.4 Å². The second-order valence-corrected chi connectivity index (χ2v) is 6.29. The number of oxime groups is 1. The van der Waals surface area contributed by atoms with Crippen LogP contribution in [0, 0.1) is 0 Å². The van der Waals surface area contributed by atoms with Gasteiger partial charge in [0.25, 0.3) is 0 Å². The lowest BCUT2D eigenvalue weighted by atomic mass is 9.78. The highest BCUT2D eigenvalue weighted by atomic mass is 35.5. The molecule has 1 atom stereocenters. The van der Waals surface area contributed by atoms with Gasteiger partial charge in [0.05, 0.1) is 15.8 Å². The summed E-state index contributed by atoms with van der Waals surface area (Å²) in [6.07, 6.45) is 1.60. The Bertz CT molecular complexity index is 786. The van der Waals surface area contributed by atoms with E-state index in [4.69, 9.17) is 28.0 Å². The van der Waals surface area contributed by atoms with Crippen LogP contribution in [0.5, 0.6) is 0 Å². The van der Waals surface area contributed by atoms with Crippen molar-refractivity contribution in [2.24, 2.45) is 5.16 Å². The fourth-order valence-corrected chi connectivity index (χ4v) is 3.23. The van der Waals surface area contributed by atoms with Gasteiger partial charge in [0.1, 0.15) is 0 Å². The van der Waals surface area contributed by atoms with Crippen LogP contribution in [0.2, 0.25) is 10.0 Å². The number of hydrogen-bond acceptors (Lipinski definition) is 3. The summed E-state index contributed by atoms with van der Waals surface area (Å²) >= 11 is 12.2. The Morgan fingerprint density at radius 1 is 1.17 bits per heavy atom. The molecule has 0 N–H and O–H groups in total. The van der Waals surface area contributed by atoms with Crippen LogP contribution in [-0.4, -0.2) is 11.7 Å². The second-order valence-electron chi connectivity index (χ2n) is 5.47. The fourth-order valence-electron chi connectivity index (χ4n) is 2.92. The number of nitrogens with zero attached hydrogens (tertiary/aromatic N) is 1. The molecule has 3 rings (SSSR count). The molecule has 0 spiro atoms. The summed E-state index contributed by atoms with van der Waals surface area (Å²) in [5.41, 5.74) is 4.09. The molecule has 0 fully saturated rings. The first kappa shape index (κ1) is 16.0. The normalized spacial score (nSPS) is 18.6. The average molecular weight is 348 g/mol. The first-order valence-electron chi connectivity index (χ1n) is 7.35. The molecule has 0 saturated carbocycles. The predicted molar refractivity (Wildman–Crippen MR) is 92.3 cm³/mol. The van der Waals surface area contributed by atoms with Gasteiger partial charge in [0.2, 0.25) is 0 Å². The molecule has 23 heavy (non-hydrogen) atoms. The zero-order valence-corrected chi connectivity index (χ0v) is 14.1. The van der Waals surface area contributed by atoms with E-state index in [1.165, 1.54) is 6.92 Å². The minimum Gasteiger partial charge on any atom is -0.318 e. The first-order valence-corrected chi connectivity index (χ1v) is 8.10. The maximum atomic E-state index is 11.0. The maximum absolute atomic E-state index is 11.0. The van der Waals surface area contributed by atoms with Gasteiger partial charge in [-0.2, -0.15) is 0 Å². The quantitative estimate of drug-likeness (QED) is 0.554. The van der Waals surface area contributed by atoms with E-state index in [0.29, 0.717) is 10.0 Å². The van der Waals surface area contributed by atoms with E-state index >= 15 is 0 Å². The Morgan fingerprint density at radius 3 is 2.70 bits per heavy atom. The summed E-state index contributed by atoms with van der Waals surface area (Å²) in [6.45, 7) is 1.34. The average Bonchev–Trinajstić information content (AvgIpc) is 2.55. The number of halogens is 2. The molecular formula is C18H15Cl2NO2. The van der Waals surface area contributed by atoms with Gasteiger partial charge in [-0.25, -0.2) is 4.79 Å². The van der Waals surface area contributed by atoms with E-state index in [0.717, 1.165) is 35.2 Å². The summed E-state index contributed by atoms with van der Waals surface area (Å²) < 4.78 is 0. The molecule has 0 bridgehead atoms. The minimum atomic E-state index is -0.415. The molecule has 2 aromatic carbocycles. The smallest absolute Gasteiger partial charge is 0.318 e. The van der Waals surface area contributed by atoms with Gasteiger partial charge < -0.3 is 4.84 Å². The van der Waals surface area contributed by atoms with Crippen LogP contribution < -0.4 is 0 Å². The van der Waals surface area contributed by atoms with Crippen molar-refractivity contribution in [3.8, 4) is 0 Å².